The number of amides is 2. The number of esters is 1. The molecule has 0 atom stereocenters. The van der Waals surface area contributed by atoms with Crippen LogP contribution in [-0.4, -0.2) is 45.2 Å². The molecule has 0 spiro atoms. The van der Waals surface area contributed by atoms with Crippen LogP contribution in [0.2, 0.25) is 0 Å². The number of ether oxygens (including phenoxy) is 3. The summed E-state index contributed by atoms with van der Waals surface area (Å²) in [6.07, 6.45) is 0.785. The molecular formula is C21H24N2O6. The molecular weight excluding hydrogens is 376 g/mol. The fraction of sp³-hybridized carbons (Fsp3) is 0.286. The molecule has 8 heteroatoms. The van der Waals surface area contributed by atoms with Crippen molar-refractivity contribution in [3.8, 4) is 11.5 Å². The van der Waals surface area contributed by atoms with Crippen molar-refractivity contribution in [3.63, 3.8) is 0 Å². The van der Waals surface area contributed by atoms with E-state index in [4.69, 9.17) is 9.47 Å². The largest absolute Gasteiger partial charge is 0.493 e. The zero-order chi connectivity index (χ0) is 21.2. The predicted molar refractivity (Wildman–Crippen MR) is 107 cm³/mol. The summed E-state index contributed by atoms with van der Waals surface area (Å²) in [7, 11) is 2.70. The Labute approximate surface area is 169 Å². The van der Waals surface area contributed by atoms with Crippen LogP contribution in [0.5, 0.6) is 11.5 Å². The quantitative estimate of drug-likeness (QED) is 0.626. The molecule has 29 heavy (non-hydrogen) atoms. The molecule has 0 fully saturated rings. The maximum atomic E-state index is 12.1. The monoisotopic (exact) mass is 400 g/mol. The molecule has 0 saturated carbocycles. The summed E-state index contributed by atoms with van der Waals surface area (Å²) in [5, 5.41) is 5.27. The highest BCUT2D eigenvalue weighted by molar-refractivity contribution is 5.95. The normalized spacial score (nSPS) is 10.0. The zero-order valence-corrected chi connectivity index (χ0v) is 16.6. The van der Waals surface area contributed by atoms with Crippen LogP contribution >= 0.6 is 0 Å². The van der Waals surface area contributed by atoms with Crippen molar-refractivity contribution in [2.24, 2.45) is 0 Å². The van der Waals surface area contributed by atoms with Gasteiger partial charge in [-0.1, -0.05) is 25.1 Å². The van der Waals surface area contributed by atoms with Crippen molar-refractivity contribution in [1.82, 2.24) is 5.32 Å². The van der Waals surface area contributed by atoms with Gasteiger partial charge in [0.05, 0.1) is 26.3 Å². The molecule has 0 unspecified atom stereocenters. The highest BCUT2D eigenvalue weighted by atomic mass is 16.5. The Hall–Kier alpha value is -3.55. The van der Waals surface area contributed by atoms with Gasteiger partial charge in [0.25, 0.3) is 5.91 Å². The molecule has 8 nitrogen and oxygen atoms in total. The van der Waals surface area contributed by atoms with E-state index in [1.807, 2.05) is 31.2 Å². The molecule has 0 aliphatic heterocycles. The van der Waals surface area contributed by atoms with E-state index in [0.717, 1.165) is 17.7 Å². The van der Waals surface area contributed by atoms with Crippen LogP contribution in [0.15, 0.2) is 42.5 Å². The van der Waals surface area contributed by atoms with Gasteiger partial charge in [-0.15, -0.1) is 0 Å². The number of methoxy groups -OCH3 is 2. The average molecular weight is 400 g/mol. The SMILES string of the molecule is CCc1ccccc1NC(=O)CNC(=O)COc1ccc(C(=O)OC)cc1OC. The van der Waals surface area contributed by atoms with Crippen LogP contribution in [0.3, 0.4) is 0 Å². The van der Waals surface area contributed by atoms with Gasteiger partial charge in [0.2, 0.25) is 5.91 Å². The summed E-state index contributed by atoms with van der Waals surface area (Å²) in [5.74, 6) is -0.739. The Morgan fingerprint density at radius 3 is 2.41 bits per heavy atom. The van der Waals surface area contributed by atoms with E-state index in [0.29, 0.717) is 5.56 Å². The lowest BCUT2D eigenvalue weighted by Gasteiger charge is -2.12. The molecule has 2 N–H and O–H groups in total. The zero-order valence-electron chi connectivity index (χ0n) is 16.6. The fourth-order valence-corrected chi connectivity index (χ4v) is 2.55. The minimum atomic E-state index is -0.511. The highest BCUT2D eigenvalue weighted by Gasteiger charge is 2.13. The molecule has 0 heterocycles. The predicted octanol–water partition coefficient (Wildman–Crippen LogP) is 2.18. The number of para-hydroxylation sites is 1. The van der Waals surface area contributed by atoms with Gasteiger partial charge in [-0.2, -0.15) is 0 Å². The van der Waals surface area contributed by atoms with Crippen molar-refractivity contribution in [1.29, 1.82) is 0 Å². The third-order valence-corrected chi connectivity index (χ3v) is 4.06. The molecule has 0 radical (unpaired) electrons. The van der Waals surface area contributed by atoms with Crippen molar-refractivity contribution in [3.05, 3.63) is 53.6 Å². The van der Waals surface area contributed by atoms with Crippen LogP contribution in [0.25, 0.3) is 0 Å². The highest BCUT2D eigenvalue weighted by Crippen LogP contribution is 2.28. The maximum absolute atomic E-state index is 12.1. The Morgan fingerprint density at radius 2 is 1.72 bits per heavy atom. The summed E-state index contributed by atoms with van der Waals surface area (Å²) in [6.45, 7) is 1.50. The maximum Gasteiger partial charge on any atom is 0.337 e. The molecule has 154 valence electrons. The number of hydrogen-bond acceptors (Lipinski definition) is 6. The molecule has 2 aromatic carbocycles. The van der Waals surface area contributed by atoms with Gasteiger partial charge in [0, 0.05) is 5.69 Å². The van der Waals surface area contributed by atoms with Gasteiger partial charge in [-0.3, -0.25) is 9.59 Å². The average Bonchev–Trinajstić information content (AvgIpc) is 2.75. The number of rotatable bonds is 9. The number of nitrogens with one attached hydrogen (secondary N) is 2. The van der Waals surface area contributed by atoms with Crippen molar-refractivity contribution < 1.29 is 28.6 Å². The van der Waals surface area contributed by atoms with E-state index in [-0.39, 0.29) is 30.6 Å². The van der Waals surface area contributed by atoms with E-state index in [1.165, 1.54) is 32.4 Å². The second kappa shape index (κ2) is 10.7. The van der Waals surface area contributed by atoms with Crippen LogP contribution in [-0.2, 0) is 20.7 Å². The number of benzene rings is 2. The molecule has 0 saturated heterocycles. The van der Waals surface area contributed by atoms with Gasteiger partial charge in [0.1, 0.15) is 0 Å². The van der Waals surface area contributed by atoms with Crippen LogP contribution in [0.1, 0.15) is 22.8 Å². The third kappa shape index (κ3) is 6.24. The number of anilines is 1. The van der Waals surface area contributed by atoms with E-state index in [1.54, 1.807) is 0 Å². The van der Waals surface area contributed by atoms with Crippen LogP contribution in [0.4, 0.5) is 5.69 Å². The van der Waals surface area contributed by atoms with Gasteiger partial charge in [0.15, 0.2) is 18.1 Å². The number of aryl methyl sites for hydroxylation is 1. The van der Waals surface area contributed by atoms with Crippen molar-refractivity contribution in [2.45, 2.75) is 13.3 Å². The van der Waals surface area contributed by atoms with Gasteiger partial charge in [-0.05, 0) is 36.2 Å². The van der Waals surface area contributed by atoms with Gasteiger partial charge >= 0.3 is 5.97 Å². The first-order chi connectivity index (χ1) is 14.0. The third-order valence-electron chi connectivity index (χ3n) is 4.06. The van der Waals surface area contributed by atoms with Crippen molar-refractivity contribution in [2.75, 3.05) is 32.7 Å². The minimum Gasteiger partial charge on any atom is -0.493 e. The van der Waals surface area contributed by atoms with E-state index >= 15 is 0 Å². The van der Waals surface area contributed by atoms with Gasteiger partial charge in [-0.25, -0.2) is 4.79 Å². The summed E-state index contributed by atoms with van der Waals surface area (Å²) in [5.41, 5.74) is 2.03. The first-order valence-electron chi connectivity index (χ1n) is 9.02. The van der Waals surface area contributed by atoms with Gasteiger partial charge < -0.3 is 24.8 Å². The van der Waals surface area contributed by atoms with E-state index in [9.17, 15) is 14.4 Å². The Bertz CT molecular complexity index is 881. The smallest absolute Gasteiger partial charge is 0.337 e. The standard InChI is InChI=1S/C21H24N2O6/c1-4-14-7-5-6-8-16(14)23-19(24)12-22-20(25)13-29-17-10-9-15(21(26)28-3)11-18(17)27-2/h5-11H,4,12-13H2,1-3H3,(H,22,25)(H,23,24). The van der Waals surface area contributed by atoms with E-state index in [2.05, 4.69) is 15.4 Å². The molecule has 2 rings (SSSR count). The Balaban J connectivity index is 1.85. The molecule has 2 amide bonds. The molecule has 2 aromatic rings. The lowest BCUT2D eigenvalue weighted by molar-refractivity contribution is -0.125. The summed E-state index contributed by atoms with van der Waals surface area (Å²) < 4.78 is 15.2. The van der Waals surface area contributed by atoms with Crippen LogP contribution in [0, 0.1) is 0 Å². The summed E-state index contributed by atoms with van der Waals surface area (Å²) in [6, 6.07) is 11.9. The number of carbonyl (C=O) groups is 3. The second-order valence-corrected chi connectivity index (χ2v) is 5.98. The Morgan fingerprint density at radius 1 is 0.966 bits per heavy atom. The summed E-state index contributed by atoms with van der Waals surface area (Å²) >= 11 is 0. The number of carbonyl (C=O) groups excluding carboxylic acids is 3. The molecule has 0 aromatic heterocycles. The van der Waals surface area contributed by atoms with E-state index < -0.39 is 11.9 Å². The molecule has 0 bridgehead atoms. The fourth-order valence-electron chi connectivity index (χ4n) is 2.55. The first-order valence-corrected chi connectivity index (χ1v) is 9.02. The topological polar surface area (TPSA) is 103 Å². The lowest BCUT2D eigenvalue weighted by atomic mass is 10.1. The molecule has 0 aliphatic rings. The number of hydrogen-bond donors (Lipinski definition) is 2. The van der Waals surface area contributed by atoms with Crippen molar-refractivity contribution >= 4 is 23.5 Å². The summed E-state index contributed by atoms with van der Waals surface area (Å²) in [4.78, 5) is 35.6. The first kappa shape index (κ1) is 21.7. The minimum absolute atomic E-state index is 0.182. The lowest BCUT2D eigenvalue weighted by Crippen LogP contribution is -2.36. The Kier molecular flexibility index (Phi) is 8.02. The second-order valence-electron chi connectivity index (χ2n) is 5.98. The van der Waals surface area contributed by atoms with Crippen LogP contribution < -0.4 is 20.1 Å². The molecule has 0 aliphatic carbocycles.